The fraction of sp³-hybridized carbons (Fsp3) is 0.250. The number of fused-ring (bicyclic) bond motifs is 1. The zero-order chi connectivity index (χ0) is 15.0. The lowest BCUT2D eigenvalue weighted by Gasteiger charge is -2.11. The summed E-state index contributed by atoms with van der Waals surface area (Å²) in [5, 5.41) is 0.403. The molecule has 0 unspecified atom stereocenters. The standard InChI is InChI=1S/C16H16ClNO2S/c1-11-5-8-16(15(17)9-11)18-21(19,20)14-7-6-12-3-2-4-13(12)10-14/h5-10,18H,2-4H2,1H3. The number of sulfonamides is 1. The quantitative estimate of drug-likeness (QED) is 0.930. The lowest BCUT2D eigenvalue weighted by molar-refractivity contribution is 0.601. The van der Waals surface area contributed by atoms with Gasteiger partial charge in [-0.2, -0.15) is 0 Å². The molecule has 0 aliphatic heterocycles. The van der Waals surface area contributed by atoms with Crippen LogP contribution in [-0.2, 0) is 22.9 Å². The molecule has 0 atom stereocenters. The number of benzene rings is 2. The van der Waals surface area contributed by atoms with Crippen LogP contribution in [0, 0.1) is 6.92 Å². The average molecular weight is 322 g/mol. The molecule has 0 radical (unpaired) electrons. The van der Waals surface area contributed by atoms with Crippen LogP contribution >= 0.6 is 11.6 Å². The van der Waals surface area contributed by atoms with E-state index in [9.17, 15) is 8.42 Å². The van der Waals surface area contributed by atoms with Gasteiger partial charge >= 0.3 is 0 Å². The maximum Gasteiger partial charge on any atom is 0.261 e. The van der Waals surface area contributed by atoms with Crippen LogP contribution in [0.3, 0.4) is 0 Å². The molecule has 0 fully saturated rings. The molecule has 0 aromatic heterocycles. The summed E-state index contributed by atoms with van der Waals surface area (Å²) in [6, 6.07) is 10.6. The molecular weight excluding hydrogens is 306 g/mol. The Labute approximate surface area is 130 Å². The molecule has 0 saturated heterocycles. The number of hydrogen-bond donors (Lipinski definition) is 1. The summed E-state index contributed by atoms with van der Waals surface area (Å²) < 4.78 is 27.5. The summed E-state index contributed by atoms with van der Waals surface area (Å²) in [7, 11) is -3.60. The van der Waals surface area contributed by atoms with E-state index in [1.807, 2.05) is 19.1 Å². The minimum atomic E-state index is -3.60. The van der Waals surface area contributed by atoms with Gasteiger partial charge in [-0.05, 0) is 67.1 Å². The zero-order valence-electron chi connectivity index (χ0n) is 11.7. The average Bonchev–Trinajstić information content (AvgIpc) is 2.89. The Balaban J connectivity index is 1.93. The second-order valence-corrected chi connectivity index (χ2v) is 7.46. The topological polar surface area (TPSA) is 46.2 Å². The van der Waals surface area contributed by atoms with Crippen molar-refractivity contribution in [3.05, 3.63) is 58.1 Å². The molecule has 0 spiro atoms. The van der Waals surface area contributed by atoms with Gasteiger partial charge in [0.05, 0.1) is 15.6 Å². The van der Waals surface area contributed by atoms with Crippen molar-refractivity contribution in [2.45, 2.75) is 31.1 Å². The third-order valence-electron chi connectivity index (χ3n) is 3.75. The highest BCUT2D eigenvalue weighted by atomic mass is 35.5. The summed E-state index contributed by atoms with van der Waals surface area (Å²) in [6.45, 7) is 1.91. The third kappa shape index (κ3) is 2.92. The van der Waals surface area contributed by atoms with Crippen molar-refractivity contribution in [2.24, 2.45) is 0 Å². The lowest BCUT2D eigenvalue weighted by Crippen LogP contribution is -2.13. The number of nitrogens with one attached hydrogen (secondary N) is 1. The second kappa shape index (κ2) is 5.35. The highest BCUT2D eigenvalue weighted by molar-refractivity contribution is 7.92. The molecule has 1 N–H and O–H groups in total. The highest BCUT2D eigenvalue weighted by Crippen LogP contribution is 2.28. The van der Waals surface area contributed by atoms with Crippen molar-refractivity contribution in [3.8, 4) is 0 Å². The van der Waals surface area contributed by atoms with Crippen LogP contribution in [0.2, 0.25) is 5.02 Å². The first-order valence-electron chi connectivity index (χ1n) is 6.86. The Bertz CT molecular complexity index is 800. The Morgan fingerprint density at radius 1 is 1.05 bits per heavy atom. The molecule has 0 heterocycles. The molecule has 3 rings (SSSR count). The van der Waals surface area contributed by atoms with E-state index in [0.29, 0.717) is 15.6 Å². The molecule has 3 nitrogen and oxygen atoms in total. The minimum Gasteiger partial charge on any atom is -0.278 e. The number of rotatable bonds is 3. The zero-order valence-corrected chi connectivity index (χ0v) is 13.3. The van der Waals surface area contributed by atoms with Gasteiger partial charge in [-0.25, -0.2) is 8.42 Å². The van der Waals surface area contributed by atoms with Crippen LogP contribution in [-0.4, -0.2) is 8.42 Å². The van der Waals surface area contributed by atoms with Crippen LogP contribution in [0.1, 0.15) is 23.1 Å². The van der Waals surface area contributed by atoms with E-state index in [1.165, 1.54) is 5.56 Å². The van der Waals surface area contributed by atoms with Gasteiger partial charge in [-0.3, -0.25) is 4.72 Å². The van der Waals surface area contributed by atoms with Gasteiger partial charge in [0.15, 0.2) is 0 Å². The first-order chi connectivity index (χ1) is 9.95. The first kappa shape index (κ1) is 14.4. The van der Waals surface area contributed by atoms with Gasteiger partial charge < -0.3 is 0 Å². The summed E-state index contributed by atoms with van der Waals surface area (Å²) >= 11 is 6.09. The molecule has 5 heteroatoms. The smallest absolute Gasteiger partial charge is 0.261 e. The van der Waals surface area contributed by atoms with Crippen LogP contribution in [0.25, 0.3) is 0 Å². The van der Waals surface area contributed by atoms with Gasteiger partial charge in [-0.1, -0.05) is 23.7 Å². The Kier molecular flexibility index (Phi) is 3.68. The molecule has 2 aromatic rings. The van der Waals surface area contributed by atoms with Gasteiger partial charge in [0.2, 0.25) is 0 Å². The van der Waals surface area contributed by atoms with Crippen molar-refractivity contribution in [1.29, 1.82) is 0 Å². The van der Waals surface area contributed by atoms with Gasteiger partial charge in [0, 0.05) is 0 Å². The van der Waals surface area contributed by atoms with Crippen LogP contribution in [0.5, 0.6) is 0 Å². The fourth-order valence-corrected chi connectivity index (χ4v) is 4.09. The van der Waals surface area contributed by atoms with Gasteiger partial charge in [-0.15, -0.1) is 0 Å². The Morgan fingerprint density at radius 3 is 2.57 bits per heavy atom. The molecule has 0 saturated carbocycles. The van der Waals surface area contributed by atoms with E-state index in [1.54, 1.807) is 24.3 Å². The predicted octanol–water partition coefficient (Wildman–Crippen LogP) is 3.94. The predicted molar refractivity (Wildman–Crippen MR) is 85.5 cm³/mol. The minimum absolute atomic E-state index is 0.291. The monoisotopic (exact) mass is 321 g/mol. The molecule has 2 aromatic carbocycles. The molecule has 1 aliphatic carbocycles. The van der Waals surface area contributed by atoms with Crippen molar-refractivity contribution in [2.75, 3.05) is 4.72 Å². The molecule has 0 bridgehead atoms. The van der Waals surface area contributed by atoms with Gasteiger partial charge in [0.1, 0.15) is 0 Å². The Morgan fingerprint density at radius 2 is 1.81 bits per heavy atom. The summed E-state index contributed by atoms with van der Waals surface area (Å²) in [5.74, 6) is 0. The van der Waals surface area contributed by atoms with Crippen molar-refractivity contribution >= 4 is 27.3 Å². The maximum atomic E-state index is 12.5. The number of hydrogen-bond acceptors (Lipinski definition) is 2. The highest BCUT2D eigenvalue weighted by Gasteiger charge is 2.19. The van der Waals surface area contributed by atoms with E-state index in [2.05, 4.69) is 4.72 Å². The SMILES string of the molecule is Cc1ccc(NS(=O)(=O)c2ccc3c(c2)CCC3)c(Cl)c1. The first-order valence-corrected chi connectivity index (χ1v) is 8.72. The van der Waals surface area contributed by atoms with Gasteiger partial charge in [0.25, 0.3) is 10.0 Å². The normalized spacial score (nSPS) is 14.0. The second-order valence-electron chi connectivity index (χ2n) is 5.37. The van der Waals surface area contributed by atoms with E-state index in [-0.39, 0.29) is 0 Å². The van der Waals surface area contributed by atoms with Crippen molar-refractivity contribution in [1.82, 2.24) is 0 Å². The lowest BCUT2D eigenvalue weighted by atomic mass is 10.1. The molecule has 110 valence electrons. The number of halogens is 1. The van der Waals surface area contributed by atoms with Crippen LogP contribution < -0.4 is 4.72 Å². The van der Waals surface area contributed by atoms with Crippen molar-refractivity contribution in [3.63, 3.8) is 0 Å². The number of aryl methyl sites for hydroxylation is 3. The van der Waals surface area contributed by atoms with E-state index in [4.69, 9.17) is 11.6 Å². The summed E-state index contributed by atoms with van der Waals surface area (Å²) in [4.78, 5) is 0.291. The summed E-state index contributed by atoms with van der Waals surface area (Å²) in [6.07, 6.45) is 3.08. The number of anilines is 1. The largest absolute Gasteiger partial charge is 0.278 e. The van der Waals surface area contributed by atoms with E-state index < -0.39 is 10.0 Å². The molecule has 0 amide bonds. The molecule has 1 aliphatic rings. The summed E-state index contributed by atoms with van der Waals surface area (Å²) in [5.41, 5.74) is 3.78. The fourth-order valence-electron chi connectivity index (χ4n) is 2.62. The van der Waals surface area contributed by atoms with Crippen LogP contribution in [0.15, 0.2) is 41.3 Å². The molecule has 21 heavy (non-hydrogen) atoms. The van der Waals surface area contributed by atoms with Crippen LogP contribution in [0.4, 0.5) is 5.69 Å². The van der Waals surface area contributed by atoms with Crippen molar-refractivity contribution < 1.29 is 8.42 Å². The van der Waals surface area contributed by atoms with E-state index in [0.717, 1.165) is 30.4 Å². The Hall–Kier alpha value is -1.52. The maximum absolute atomic E-state index is 12.5. The third-order valence-corrected chi connectivity index (χ3v) is 5.43. The molecular formula is C16H16ClNO2S. The van der Waals surface area contributed by atoms with E-state index >= 15 is 0 Å².